The summed E-state index contributed by atoms with van der Waals surface area (Å²) < 4.78 is 0. The Bertz CT molecular complexity index is 287. The van der Waals surface area contributed by atoms with Gasteiger partial charge in [-0.2, -0.15) is 0 Å². The summed E-state index contributed by atoms with van der Waals surface area (Å²) in [6.07, 6.45) is 1.69. The van der Waals surface area contributed by atoms with Crippen LogP contribution in [0.3, 0.4) is 0 Å². The number of ketones is 1. The van der Waals surface area contributed by atoms with Gasteiger partial charge in [-0.15, -0.1) is 0 Å². The van der Waals surface area contributed by atoms with Crippen LogP contribution in [0.25, 0.3) is 6.08 Å². The molecule has 1 aromatic carbocycles. The number of carbonyl (C=O) groups is 1. The zero-order valence-electron chi connectivity index (χ0n) is 6.50. The molecule has 0 saturated carbocycles. The molecule has 0 heterocycles. The van der Waals surface area contributed by atoms with Crippen LogP contribution in [-0.2, 0) is 0 Å². The van der Waals surface area contributed by atoms with Crippen molar-refractivity contribution in [3.63, 3.8) is 0 Å². The Morgan fingerprint density at radius 1 is 1.45 bits per heavy atom. The fourth-order valence-corrected chi connectivity index (χ4v) is 0.996. The van der Waals surface area contributed by atoms with Gasteiger partial charge in [0.25, 0.3) is 0 Å². The highest BCUT2D eigenvalue weighted by molar-refractivity contribution is 5.97. The smallest absolute Gasteiger partial charge is 0.160 e. The predicted octanol–water partition coefficient (Wildman–Crippen LogP) is 2.53. The third kappa shape index (κ3) is 1.55. The molecule has 1 nitrogen and oxygen atoms in total. The van der Waals surface area contributed by atoms with E-state index >= 15 is 0 Å². The molecule has 0 saturated heterocycles. The molecule has 0 aliphatic carbocycles. The molecule has 0 atom stereocenters. The number of carbonyl (C=O) groups excluding carboxylic acids is 1. The molecule has 0 amide bonds. The van der Waals surface area contributed by atoms with Gasteiger partial charge in [0, 0.05) is 5.56 Å². The van der Waals surface area contributed by atoms with E-state index in [-0.39, 0.29) is 5.78 Å². The van der Waals surface area contributed by atoms with Crippen molar-refractivity contribution in [3.8, 4) is 0 Å². The highest BCUT2D eigenvalue weighted by Crippen LogP contribution is 2.09. The van der Waals surface area contributed by atoms with Crippen molar-refractivity contribution in [1.29, 1.82) is 0 Å². The molecule has 56 valence electrons. The minimum Gasteiger partial charge on any atom is -0.294 e. The maximum Gasteiger partial charge on any atom is 0.160 e. The van der Waals surface area contributed by atoms with Crippen LogP contribution in [0, 0.1) is 0 Å². The van der Waals surface area contributed by atoms with Crippen LogP contribution in [0.2, 0.25) is 0 Å². The van der Waals surface area contributed by atoms with Gasteiger partial charge in [0.15, 0.2) is 5.78 Å². The first-order chi connectivity index (χ1) is 5.25. The maximum atomic E-state index is 11.0. The lowest BCUT2D eigenvalue weighted by molar-refractivity contribution is 0.101. The zero-order chi connectivity index (χ0) is 8.27. The first-order valence-corrected chi connectivity index (χ1v) is 3.48. The van der Waals surface area contributed by atoms with E-state index in [0.717, 1.165) is 11.1 Å². The first kappa shape index (κ1) is 7.73. The van der Waals surface area contributed by atoms with Gasteiger partial charge in [-0.05, 0) is 12.5 Å². The van der Waals surface area contributed by atoms with Crippen LogP contribution in [-0.4, -0.2) is 5.78 Å². The lowest BCUT2D eigenvalue weighted by Gasteiger charge is -1.98. The van der Waals surface area contributed by atoms with E-state index in [1.165, 1.54) is 0 Å². The molecule has 0 aliphatic heterocycles. The normalized spacial score (nSPS) is 9.18. The van der Waals surface area contributed by atoms with E-state index in [9.17, 15) is 4.79 Å². The second kappa shape index (κ2) is 3.15. The summed E-state index contributed by atoms with van der Waals surface area (Å²) in [5, 5.41) is 0. The molecular formula is C10H10O. The summed E-state index contributed by atoms with van der Waals surface area (Å²) in [5.74, 6) is 0.0838. The number of rotatable bonds is 2. The Labute approximate surface area is 66.4 Å². The summed E-state index contributed by atoms with van der Waals surface area (Å²) in [6.45, 7) is 5.18. The largest absolute Gasteiger partial charge is 0.294 e. The molecule has 1 aromatic rings. The van der Waals surface area contributed by atoms with Gasteiger partial charge < -0.3 is 0 Å². The fourth-order valence-electron chi connectivity index (χ4n) is 0.996. The average Bonchev–Trinajstić information content (AvgIpc) is 2.04. The Morgan fingerprint density at radius 2 is 2.09 bits per heavy atom. The van der Waals surface area contributed by atoms with E-state index in [1.54, 1.807) is 19.1 Å². The molecule has 0 spiro atoms. The van der Waals surface area contributed by atoms with Crippen LogP contribution in [0.4, 0.5) is 0 Å². The van der Waals surface area contributed by atoms with E-state index in [1.807, 2.05) is 18.2 Å². The van der Waals surface area contributed by atoms with Crippen molar-refractivity contribution in [2.45, 2.75) is 6.92 Å². The SMILES string of the molecule is C=Cc1ccccc1C(C)=O. The topological polar surface area (TPSA) is 17.1 Å². The number of Topliss-reactive ketones (excluding diaryl/α,β-unsaturated/α-hetero) is 1. The fraction of sp³-hybridized carbons (Fsp3) is 0.100. The third-order valence-electron chi connectivity index (χ3n) is 1.56. The lowest BCUT2D eigenvalue weighted by Crippen LogP contribution is -1.94. The van der Waals surface area contributed by atoms with Gasteiger partial charge in [-0.3, -0.25) is 4.79 Å². The maximum absolute atomic E-state index is 11.0. The van der Waals surface area contributed by atoms with Crippen molar-refractivity contribution in [2.24, 2.45) is 0 Å². The minimum absolute atomic E-state index is 0.0838. The number of hydrogen-bond acceptors (Lipinski definition) is 1. The molecule has 0 unspecified atom stereocenters. The molecular weight excluding hydrogens is 136 g/mol. The molecule has 0 aromatic heterocycles. The van der Waals surface area contributed by atoms with Crippen LogP contribution >= 0.6 is 0 Å². The third-order valence-corrected chi connectivity index (χ3v) is 1.56. The summed E-state index contributed by atoms with van der Waals surface area (Å²) in [7, 11) is 0. The molecule has 0 radical (unpaired) electrons. The first-order valence-electron chi connectivity index (χ1n) is 3.48. The lowest BCUT2D eigenvalue weighted by atomic mass is 10.1. The Balaban J connectivity index is 3.22. The summed E-state index contributed by atoms with van der Waals surface area (Å²) in [4.78, 5) is 11.0. The molecule has 0 bridgehead atoms. The van der Waals surface area contributed by atoms with Crippen molar-refractivity contribution in [3.05, 3.63) is 42.0 Å². The van der Waals surface area contributed by atoms with Gasteiger partial charge in [0.05, 0.1) is 0 Å². The second-order valence-electron chi connectivity index (χ2n) is 2.35. The molecule has 11 heavy (non-hydrogen) atoms. The molecule has 1 rings (SSSR count). The van der Waals surface area contributed by atoms with E-state index in [4.69, 9.17) is 0 Å². The highest BCUT2D eigenvalue weighted by Gasteiger charge is 2.01. The number of hydrogen-bond donors (Lipinski definition) is 0. The summed E-state index contributed by atoms with van der Waals surface area (Å²) in [5.41, 5.74) is 1.64. The molecule has 0 fully saturated rings. The van der Waals surface area contributed by atoms with Crippen molar-refractivity contribution in [1.82, 2.24) is 0 Å². The summed E-state index contributed by atoms with van der Waals surface area (Å²) in [6, 6.07) is 7.43. The highest BCUT2D eigenvalue weighted by atomic mass is 16.1. The standard InChI is InChI=1S/C10H10O/c1-3-9-6-4-5-7-10(9)8(2)11/h3-7H,1H2,2H3. The zero-order valence-corrected chi connectivity index (χ0v) is 6.50. The summed E-state index contributed by atoms with van der Waals surface area (Å²) >= 11 is 0. The molecule has 0 N–H and O–H groups in total. The van der Waals surface area contributed by atoms with Gasteiger partial charge in [-0.1, -0.05) is 36.9 Å². The monoisotopic (exact) mass is 146 g/mol. The van der Waals surface area contributed by atoms with E-state index < -0.39 is 0 Å². The van der Waals surface area contributed by atoms with Crippen LogP contribution in [0.15, 0.2) is 30.8 Å². The van der Waals surface area contributed by atoms with E-state index in [0.29, 0.717) is 0 Å². The van der Waals surface area contributed by atoms with Crippen molar-refractivity contribution in [2.75, 3.05) is 0 Å². The Kier molecular flexibility index (Phi) is 2.21. The second-order valence-corrected chi connectivity index (χ2v) is 2.35. The van der Waals surface area contributed by atoms with Crippen LogP contribution in [0.5, 0.6) is 0 Å². The minimum atomic E-state index is 0.0838. The molecule has 1 heteroatoms. The van der Waals surface area contributed by atoms with Crippen LogP contribution in [0.1, 0.15) is 22.8 Å². The van der Waals surface area contributed by atoms with Gasteiger partial charge in [0.1, 0.15) is 0 Å². The predicted molar refractivity (Wildman–Crippen MR) is 46.5 cm³/mol. The van der Waals surface area contributed by atoms with Crippen LogP contribution < -0.4 is 0 Å². The van der Waals surface area contributed by atoms with Gasteiger partial charge >= 0.3 is 0 Å². The van der Waals surface area contributed by atoms with Gasteiger partial charge in [-0.25, -0.2) is 0 Å². The Morgan fingerprint density at radius 3 is 2.55 bits per heavy atom. The average molecular weight is 146 g/mol. The molecule has 0 aliphatic rings. The van der Waals surface area contributed by atoms with E-state index in [2.05, 4.69) is 6.58 Å². The van der Waals surface area contributed by atoms with Crippen molar-refractivity contribution >= 4 is 11.9 Å². The number of benzene rings is 1. The van der Waals surface area contributed by atoms with Gasteiger partial charge in [0.2, 0.25) is 0 Å². The van der Waals surface area contributed by atoms with Crippen molar-refractivity contribution < 1.29 is 4.79 Å². The Hall–Kier alpha value is -1.37. The quantitative estimate of drug-likeness (QED) is 0.586.